The van der Waals surface area contributed by atoms with Crippen molar-refractivity contribution in [2.45, 2.75) is 20.3 Å². The molecule has 0 fully saturated rings. The summed E-state index contributed by atoms with van der Waals surface area (Å²) < 4.78 is 0. The van der Waals surface area contributed by atoms with Gasteiger partial charge in [-0.3, -0.25) is 9.78 Å². The van der Waals surface area contributed by atoms with E-state index < -0.39 is 0 Å². The van der Waals surface area contributed by atoms with E-state index in [1.54, 1.807) is 19.1 Å². The van der Waals surface area contributed by atoms with Gasteiger partial charge >= 0.3 is 0 Å². The monoisotopic (exact) mass is 324 g/mol. The van der Waals surface area contributed by atoms with Gasteiger partial charge in [0.05, 0.1) is 15.8 Å². The minimum atomic E-state index is -0.229. The molecular formula is C14H14Cl2N4O. The lowest BCUT2D eigenvalue weighted by molar-refractivity contribution is 1.04. The number of hydrogen-bond acceptors (Lipinski definition) is 4. The topological polar surface area (TPSA) is 70.1 Å². The van der Waals surface area contributed by atoms with E-state index >= 15 is 0 Å². The molecule has 5 nitrogen and oxygen atoms in total. The lowest BCUT2D eigenvalue weighted by atomic mass is 10.1. The Balaban J connectivity index is 2.28. The molecule has 7 heteroatoms. The molecule has 21 heavy (non-hydrogen) atoms. The van der Waals surface area contributed by atoms with Gasteiger partial charge in [-0.1, -0.05) is 36.2 Å². The van der Waals surface area contributed by atoms with Gasteiger partial charge in [-0.15, -0.1) is 0 Å². The Morgan fingerprint density at radius 2 is 2.10 bits per heavy atom. The van der Waals surface area contributed by atoms with Crippen LogP contribution in [0.25, 0.3) is 0 Å². The number of nitrogens with zero attached hydrogens (tertiary/aromatic N) is 2. The zero-order valence-corrected chi connectivity index (χ0v) is 13.1. The molecule has 1 aromatic heterocycles. The summed E-state index contributed by atoms with van der Waals surface area (Å²) in [6, 6.07) is 6.72. The Hall–Kier alpha value is -1.85. The van der Waals surface area contributed by atoms with E-state index in [1.807, 2.05) is 13.0 Å². The number of nitrogens with one attached hydrogen (secondary N) is 2. The van der Waals surface area contributed by atoms with Crippen LogP contribution in [-0.2, 0) is 0 Å². The number of benzene rings is 1. The number of hydrazone groups is 1. The summed E-state index contributed by atoms with van der Waals surface area (Å²) in [6.07, 6.45) is 0.682. The lowest BCUT2D eigenvalue weighted by Gasteiger charge is -2.07. The van der Waals surface area contributed by atoms with E-state index in [1.165, 1.54) is 6.07 Å². The van der Waals surface area contributed by atoms with Crippen molar-refractivity contribution in [3.63, 3.8) is 0 Å². The van der Waals surface area contributed by atoms with Crippen LogP contribution in [0.4, 0.5) is 5.95 Å². The number of aromatic nitrogens is 2. The maximum atomic E-state index is 11.4. The van der Waals surface area contributed by atoms with Crippen LogP contribution in [0.5, 0.6) is 0 Å². The number of halogens is 2. The van der Waals surface area contributed by atoms with Crippen LogP contribution in [0.2, 0.25) is 10.0 Å². The zero-order chi connectivity index (χ0) is 15.4. The molecule has 0 radical (unpaired) electrons. The molecule has 2 N–H and O–H groups in total. The van der Waals surface area contributed by atoms with Crippen molar-refractivity contribution in [3.8, 4) is 0 Å². The summed E-state index contributed by atoms with van der Waals surface area (Å²) in [5, 5.41) is 5.23. The molecule has 0 aliphatic heterocycles. The lowest BCUT2D eigenvalue weighted by Crippen LogP contribution is -2.12. The summed E-state index contributed by atoms with van der Waals surface area (Å²) in [7, 11) is 0. The van der Waals surface area contributed by atoms with Crippen molar-refractivity contribution in [1.82, 2.24) is 9.97 Å². The molecule has 0 saturated carbocycles. The molecule has 0 aliphatic rings. The fraction of sp³-hybridized carbons (Fsp3) is 0.214. The minimum absolute atomic E-state index is 0.229. The third-order valence-corrected chi connectivity index (χ3v) is 3.49. The maximum absolute atomic E-state index is 11.4. The summed E-state index contributed by atoms with van der Waals surface area (Å²) in [5.74, 6) is 0.297. The van der Waals surface area contributed by atoms with Gasteiger partial charge in [-0.25, -0.2) is 10.4 Å². The summed E-state index contributed by atoms with van der Waals surface area (Å²) in [4.78, 5) is 18.1. The molecule has 1 aromatic carbocycles. The fourth-order valence-corrected chi connectivity index (χ4v) is 2.07. The number of anilines is 1. The molecule has 110 valence electrons. The molecule has 0 aliphatic carbocycles. The van der Waals surface area contributed by atoms with Gasteiger partial charge in [0.15, 0.2) is 0 Å². The first-order valence-corrected chi connectivity index (χ1v) is 7.11. The molecule has 0 bridgehead atoms. The first-order valence-electron chi connectivity index (χ1n) is 6.35. The summed E-state index contributed by atoms with van der Waals surface area (Å²) in [5.41, 5.74) is 4.77. The van der Waals surface area contributed by atoms with Gasteiger partial charge in [0.2, 0.25) is 5.95 Å². The molecule has 1 heterocycles. The van der Waals surface area contributed by atoms with Crippen LogP contribution < -0.4 is 11.0 Å². The highest BCUT2D eigenvalue weighted by molar-refractivity contribution is 6.42. The molecule has 0 spiro atoms. The Morgan fingerprint density at radius 1 is 1.33 bits per heavy atom. The molecule has 0 atom stereocenters. The van der Waals surface area contributed by atoms with Gasteiger partial charge in [-0.05, 0) is 31.0 Å². The highest BCUT2D eigenvalue weighted by atomic mass is 35.5. The quantitative estimate of drug-likeness (QED) is 0.666. The Bertz CT molecular complexity index is 740. The normalized spacial score (nSPS) is 11.5. The van der Waals surface area contributed by atoms with Crippen LogP contribution in [0, 0.1) is 6.92 Å². The van der Waals surface area contributed by atoms with E-state index in [4.69, 9.17) is 23.2 Å². The Morgan fingerprint density at radius 3 is 2.71 bits per heavy atom. The number of aromatic amines is 1. The van der Waals surface area contributed by atoms with Gasteiger partial charge in [0.1, 0.15) is 0 Å². The van der Waals surface area contributed by atoms with Gasteiger partial charge < -0.3 is 0 Å². The third-order valence-electron chi connectivity index (χ3n) is 2.75. The van der Waals surface area contributed by atoms with Crippen molar-refractivity contribution in [2.75, 3.05) is 5.43 Å². The smallest absolute Gasteiger partial charge is 0.252 e. The van der Waals surface area contributed by atoms with Crippen LogP contribution in [0.1, 0.15) is 24.6 Å². The first-order chi connectivity index (χ1) is 9.99. The van der Waals surface area contributed by atoms with Crippen LogP contribution in [0.3, 0.4) is 0 Å². The second-order valence-corrected chi connectivity index (χ2v) is 5.20. The number of hydrogen-bond donors (Lipinski definition) is 2. The number of aryl methyl sites for hydroxylation is 1. The first kappa shape index (κ1) is 15.5. The van der Waals surface area contributed by atoms with Crippen LogP contribution in [-0.4, -0.2) is 15.7 Å². The molecular weight excluding hydrogens is 311 g/mol. The molecule has 0 saturated heterocycles. The SMILES string of the molecule is CC/C(=N/Nc1nc(C)cc(=O)[nH]1)c1ccc(Cl)c(Cl)c1. The van der Waals surface area contributed by atoms with Crippen molar-refractivity contribution < 1.29 is 0 Å². The molecule has 0 unspecified atom stereocenters. The molecule has 0 amide bonds. The average molecular weight is 325 g/mol. The molecule has 2 rings (SSSR count). The fourth-order valence-electron chi connectivity index (χ4n) is 1.78. The van der Waals surface area contributed by atoms with E-state index in [0.717, 1.165) is 11.3 Å². The van der Waals surface area contributed by atoms with Crippen LogP contribution in [0.15, 0.2) is 34.2 Å². The van der Waals surface area contributed by atoms with Gasteiger partial charge in [0.25, 0.3) is 5.56 Å². The highest BCUT2D eigenvalue weighted by Gasteiger charge is 2.05. The van der Waals surface area contributed by atoms with E-state index in [-0.39, 0.29) is 5.56 Å². The maximum Gasteiger partial charge on any atom is 0.252 e. The molecule has 2 aromatic rings. The predicted octanol–water partition coefficient (Wildman–Crippen LogP) is 3.61. The minimum Gasteiger partial charge on any atom is -0.291 e. The zero-order valence-electron chi connectivity index (χ0n) is 11.6. The second-order valence-electron chi connectivity index (χ2n) is 4.39. The second kappa shape index (κ2) is 6.74. The van der Waals surface area contributed by atoms with Gasteiger partial charge in [0, 0.05) is 11.8 Å². The highest BCUT2D eigenvalue weighted by Crippen LogP contribution is 2.23. The summed E-state index contributed by atoms with van der Waals surface area (Å²) in [6.45, 7) is 3.71. The largest absolute Gasteiger partial charge is 0.291 e. The Labute approximate surface area is 132 Å². The van der Waals surface area contributed by atoms with E-state index in [9.17, 15) is 4.79 Å². The van der Waals surface area contributed by atoms with Crippen molar-refractivity contribution in [3.05, 3.63) is 55.9 Å². The number of H-pyrrole nitrogens is 1. The van der Waals surface area contributed by atoms with E-state index in [2.05, 4.69) is 20.5 Å². The van der Waals surface area contributed by atoms with Gasteiger partial charge in [-0.2, -0.15) is 5.10 Å². The van der Waals surface area contributed by atoms with Crippen molar-refractivity contribution in [2.24, 2.45) is 5.10 Å². The predicted molar refractivity (Wildman–Crippen MR) is 86.5 cm³/mol. The average Bonchev–Trinajstić information content (AvgIpc) is 2.42. The van der Waals surface area contributed by atoms with Crippen molar-refractivity contribution >= 4 is 34.9 Å². The summed E-state index contributed by atoms with van der Waals surface area (Å²) >= 11 is 11.9. The van der Waals surface area contributed by atoms with Crippen molar-refractivity contribution in [1.29, 1.82) is 0 Å². The van der Waals surface area contributed by atoms with E-state index in [0.29, 0.717) is 28.1 Å². The standard InChI is InChI=1S/C14H14Cl2N4O/c1-3-12(9-4-5-10(15)11(16)7-9)19-20-14-17-8(2)6-13(21)18-14/h4-7H,3H2,1-2H3,(H2,17,18,20,21)/b19-12-. The third kappa shape index (κ3) is 4.06. The number of rotatable bonds is 4. The van der Waals surface area contributed by atoms with Crippen LogP contribution >= 0.6 is 23.2 Å². The Kier molecular flexibility index (Phi) is 4.98.